The van der Waals surface area contributed by atoms with Crippen molar-refractivity contribution in [2.75, 3.05) is 13.2 Å². The van der Waals surface area contributed by atoms with Crippen molar-refractivity contribution in [1.29, 1.82) is 0 Å². The number of hydrogen-bond acceptors (Lipinski definition) is 4. The van der Waals surface area contributed by atoms with Crippen molar-refractivity contribution in [1.82, 2.24) is 5.32 Å². The zero-order chi connectivity index (χ0) is 20.0. The minimum atomic E-state index is -0.584. The van der Waals surface area contributed by atoms with Gasteiger partial charge in [-0.2, -0.15) is 0 Å². The molecule has 2 rings (SSSR count). The van der Waals surface area contributed by atoms with Gasteiger partial charge in [0.2, 0.25) is 0 Å². The van der Waals surface area contributed by atoms with Crippen molar-refractivity contribution >= 4 is 24.0 Å². The molecule has 0 heterocycles. The number of ether oxygens (including phenoxy) is 2. The highest BCUT2D eigenvalue weighted by Gasteiger charge is 2.15. The first-order chi connectivity index (χ1) is 12.7. The largest absolute Gasteiger partial charge is 0.492 e. The number of benzene rings is 2. The summed E-state index contributed by atoms with van der Waals surface area (Å²) in [5, 5.41) is 2.56. The number of halogens is 2. The van der Waals surface area contributed by atoms with Gasteiger partial charge in [0.15, 0.2) is 0 Å². The molecule has 1 N–H and O–H groups in total. The number of carbonyl (C=O) groups is 2. The summed E-state index contributed by atoms with van der Waals surface area (Å²) in [6.07, 6.45) is 0.104. The Hall–Kier alpha value is -2.60. The van der Waals surface area contributed by atoms with Gasteiger partial charge >= 0.3 is 6.09 Å². The van der Waals surface area contributed by atoms with E-state index in [2.05, 4.69) is 5.32 Å². The molecule has 0 bridgehead atoms. The van der Waals surface area contributed by atoms with E-state index in [-0.39, 0.29) is 23.7 Å². The number of nitrogens with one attached hydrogen (secondary N) is 1. The van der Waals surface area contributed by atoms with Crippen LogP contribution < -0.4 is 10.1 Å². The molecule has 27 heavy (non-hydrogen) atoms. The van der Waals surface area contributed by atoms with Crippen LogP contribution >= 0.6 is 11.6 Å². The lowest BCUT2D eigenvalue weighted by atomic mass is 10.0. The highest BCUT2D eigenvalue weighted by molar-refractivity contribution is 6.31. The van der Waals surface area contributed by atoms with Crippen LogP contribution in [0.25, 0.3) is 11.1 Å². The van der Waals surface area contributed by atoms with E-state index in [4.69, 9.17) is 21.1 Å². The molecule has 0 aliphatic carbocycles. The van der Waals surface area contributed by atoms with Crippen LogP contribution in [-0.2, 0) is 4.74 Å². The molecule has 144 valence electrons. The molecule has 0 spiro atoms. The molecule has 7 heteroatoms. The molecule has 1 amide bonds. The second-order valence-corrected chi connectivity index (χ2v) is 7.19. The van der Waals surface area contributed by atoms with Gasteiger partial charge in [0.1, 0.15) is 30.1 Å². The van der Waals surface area contributed by atoms with Crippen LogP contribution in [0.4, 0.5) is 9.18 Å². The van der Waals surface area contributed by atoms with Crippen LogP contribution in [0.2, 0.25) is 5.02 Å². The second-order valence-electron chi connectivity index (χ2n) is 6.79. The van der Waals surface area contributed by atoms with Crippen molar-refractivity contribution in [3.8, 4) is 16.9 Å². The summed E-state index contributed by atoms with van der Waals surface area (Å²) in [6.45, 7) is 5.67. The Labute approximate surface area is 162 Å². The molecule has 2 aromatic rings. The summed E-state index contributed by atoms with van der Waals surface area (Å²) in [6, 6.07) is 9.33. The smallest absolute Gasteiger partial charge is 0.407 e. The van der Waals surface area contributed by atoms with Gasteiger partial charge in [-0.1, -0.05) is 23.7 Å². The topological polar surface area (TPSA) is 64.6 Å². The van der Waals surface area contributed by atoms with Gasteiger partial charge in [-0.3, -0.25) is 4.79 Å². The van der Waals surface area contributed by atoms with Gasteiger partial charge in [0.05, 0.1) is 11.6 Å². The normalized spacial score (nSPS) is 11.0. The number of rotatable bonds is 6. The number of alkyl carbamates (subject to hydrolysis) is 1. The van der Waals surface area contributed by atoms with Crippen molar-refractivity contribution in [3.63, 3.8) is 0 Å². The Morgan fingerprint density at radius 2 is 2.00 bits per heavy atom. The van der Waals surface area contributed by atoms with Crippen molar-refractivity contribution in [3.05, 3.63) is 52.8 Å². The first kappa shape index (κ1) is 20.7. The maximum atomic E-state index is 14.3. The Balaban J connectivity index is 2.06. The molecule has 5 nitrogen and oxygen atoms in total. The van der Waals surface area contributed by atoms with E-state index < -0.39 is 17.5 Å². The molecule has 0 radical (unpaired) electrons. The van der Waals surface area contributed by atoms with Crippen LogP contribution in [-0.4, -0.2) is 31.1 Å². The van der Waals surface area contributed by atoms with E-state index >= 15 is 0 Å². The standard InChI is InChI=1S/C20H21ClFNO4/c1-20(2,3)27-19(25)23-7-8-26-15-10-13(12-24)9-14(11-15)16-5-4-6-17(21)18(16)22/h4-6,9-12H,7-8H2,1-3H3,(H,23,25). The third-order valence-electron chi connectivity index (χ3n) is 3.37. The number of aldehydes is 1. The number of hydrogen-bond donors (Lipinski definition) is 1. The molecule has 0 fully saturated rings. The van der Waals surface area contributed by atoms with Crippen molar-refractivity contribution in [2.24, 2.45) is 0 Å². The predicted octanol–water partition coefficient (Wildman–Crippen LogP) is 4.86. The van der Waals surface area contributed by atoms with Gasteiger partial charge in [-0.05, 0) is 50.6 Å². The average molecular weight is 394 g/mol. The van der Waals surface area contributed by atoms with E-state index in [1.807, 2.05) is 0 Å². The maximum Gasteiger partial charge on any atom is 0.407 e. The van der Waals surface area contributed by atoms with Gasteiger partial charge in [-0.25, -0.2) is 9.18 Å². The molecular formula is C20H21ClFNO4. The van der Waals surface area contributed by atoms with Gasteiger partial charge < -0.3 is 14.8 Å². The summed E-state index contributed by atoms with van der Waals surface area (Å²) in [7, 11) is 0. The SMILES string of the molecule is CC(C)(C)OC(=O)NCCOc1cc(C=O)cc(-c2cccc(Cl)c2F)c1. The van der Waals surface area contributed by atoms with Crippen LogP contribution in [0, 0.1) is 5.82 Å². The second kappa shape index (κ2) is 8.86. The summed E-state index contributed by atoms with van der Waals surface area (Å²) in [4.78, 5) is 22.8. The van der Waals surface area contributed by atoms with Crippen molar-refractivity contribution < 1.29 is 23.5 Å². The molecular weight excluding hydrogens is 373 g/mol. The zero-order valence-electron chi connectivity index (χ0n) is 15.3. The predicted molar refractivity (Wildman–Crippen MR) is 102 cm³/mol. The first-order valence-electron chi connectivity index (χ1n) is 8.34. The van der Waals surface area contributed by atoms with E-state index in [1.54, 1.807) is 45.0 Å². The molecule has 0 unspecified atom stereocenters. The molecule has 0 saturated carbocycles. The lowest BCUT2D eigenvalue weighted by molar-refractivity contribution is 0.0520. The Bertz CT molecular complexity index is 833. The van der Waals surface area contributed by atoms with Crippen molar-refractivity contribution in [2.45, 2.75) is 26.4 Å². The fraction of sp³-hybridized carbons (Fsp3) is 0.300. The fourth-order valence-corrected chi connectivity index (χ4v) is 2.47. The Kier molecular flexibility index (Phi) is 6.80. The van der Waals surface area contributed by atoms with Gasteiger partial charge in [-0.15, -0.1) is 0 Å². The average Bonchev–Trinajstić information content (AvgIpc) is 2.59. The fourth-order valence-electron chi connectivity index (χ4n) is 2.29. The van der Waals surface area contributed by atoms with Crippen LogP contribution in [0.15, 0.2) is 36.4 Å². The van der Waals surface area contributed by atoms with E-state index in [9.17, 15) is 14.0 Å². The van der Waals surface area contributed by atoms with Crippen LogP contribution in [0.3, 0.4) is 0 Å². The van der Waals surface area contributed by atoms with E-state index in [1.165, 1.54) is 12.1 Å². The molecule has 2 aromatic carbocycles. The Morgan fingerprint density at radius 3 is 2.67 bits per heavy atom. The molecule has 0 aliphatic heterocycles. The Morgan fingerprint density at radius 1 is 1.26 bits per heavy atom. The van der Waals surface area contributed by atoms with Gasteiger partial charge in [0.25, 0.3) is 0 Å². The third kappa shape index (κ3) is 6.25. The zero-order valence-corrected chi connectivity index (χ0v) is 16.1. The molecule has 0 atom stereocenters. The van der Waals surface area contributed by atoms with Crippen LogP contribution in [0.1, 0.15) is 31.1 Å². The third-order valence-corrected chi connectivity index (χ3v) is 3.66. The summed E-state index contributed by atoms with van der Waals surface area (Å²) in [5.74, 6) is -0.195. The number of amides is 1. The first-order valence-corrected chi connectivity index (χ1v) is 8.72. The quantitative estimate of drug-likeness (QED) is 0.562. The lowest BCUT2D eigenvalue weighted by Crippen LogP contribution is -2.34. The lowest BCUT2D eigenvalue weighted by Gasteiger charge is -2.19. The highest BCUT2D eigenvalue weighted by atomic mass is 35.5. The monoisotopic (exact) mass is 393 g/mol. The molecule has 0 aliphatic rings. The summed E-state index contributed by atoms with van der Waals surface area (Å²) in [5.41, 5.74) is 0.485. The minimum absolute atomic E-state index is 0.00645. The molecule has 0 aromatic heterocycles. The molecule has 0 saturated heterocycles. The highest BCUT2D eigenvalue weighted by Crippen LogP contribution is 2.30. The number of carbonyl (C=O) groups excluding carboxylic acids is 2. The summed E-state index contributed by atoms with van der Waals surface area (Å²) < 4.78 is 25.0. The summed E-state index contributed by atoms with van der Waals surface area (Å²) >= 11 is 5.83. The van der Waals surface area contributed by atoms with Gasteiger partial charge in [0, 0.05) is 11.1 Å². The van der Waals surface area contributed by atoms with E-state index in [0.717, 1.165) is 0 Å². The maximum absolute atomic E-state index is 14.3. The van der Waals surface area contributed by atoms with E-state index in [0.29, 0.717) is 23.2 Å². The van der Waals surface area contributed by atoms with Crippen LogP contribution in [0.5, 0.6) is 5.75 Å². The minimum Gasteiger partial charge on any atom is -0.492 e.